The molecule has 2 aromatic heterocycles. The molecule has 4 aromatic rings. The lowest BCUT2D eigenvalue weighted by molar-refractivity contribution is 0.0976. The Kier molecular flexibility index (Phi) is 7.31. The van der Waals surface area contributed by atoms with Gasteiger partial charge in [-0.1, -0.05) is 31.2 Å². The highest BCUT2D eigenvalue weighted by molar-refractivity contribution is 6.01. The molecule has 3 N–H and O–H groups in total. The summed E-state index contributed by atoms with van der Waals surface area (Å²) in [5.41, 5.74) is 8.69. The highest BCUT2D eigenvalue weighted by Gasteiger charge is 2.18. The molecule has 0 spiro atoms. The van der Waals surface area contributed by atoms with Crippen molar-refractivity contribution < 1.29 is 13.6 Å². The van der Waals surface area contributed by atoms with Crippen LogP contribution in [0, 0.1) is 23.0 Å². The molecule has 0 aliphatic heterocycles. The summed E-state index contributed by atoms with van der Waals surface area (Å²) in [6, 6.07) is 17.7. The Balaban J connectivity index is 1.51. The number of halogens is 2. The molecule has 8 heteroatoms. The fourth-order valence-electron chi connectivity index (χ4n) is 3.80. The number of carbonyl (C=O) groups excluding carboxylic acids is 1. The molecule has 2 aromatic carbocycles. The number of nitrogens with one attached hydrogen (secondary N) is 1. The molecule has 1 atom stereocenters. The Labute approximate surface area is 207 Å². The number of nitriles is 1. The van der Waals surface area contributed by atoms with Crippen LogP contribution in [-0.4, -0.2) is 15.8 Å². The zero-order valence-electron chi connectivity index (χ0n) is 19.5. The molecule has 180 valence electrons. The second kappa shape index (κ2) is 10.7. The first kappa shape index (κ1) is 24.5. The number of pyridine rings is 2. The third-order valence-corrected chi connectivity index (χ3v) is 5.87. The Morgan fingerprint density at radius 1 is 1.03 bits per heavy atom. The van der Waals surface area contributed by atoms with Gasteiger partial charge in [0, 0.05) is 36.5 Å². The summed E-state index contributed by atoms with van der Waals surface area (Å²) in [6.07, 6.45) is 3.07. The summed E-state index contributed by atoms with van der Waals surface area (Å²) in [5, 5.41) is 12.3. The number of ketones is 1. The predicted octanol–water partition coefficient (Wildman–Crippen LogP) is 5.86. The minimum atomic E-state index is -0.428. The fraction of sp³-hybridized carbons (Fsp3) is 0.143. The molecule has 0 radical (unpaired) electrons. The molecule has 0 fully saturated rings. The van der Waals surface area contributed by atoms with Gasteiger partial charge in [0.25, 0.3) is 0 Å². The Morgan fingerprint density at radius 3 is 2.44 bits per heavy atom. The van der Waals surface area contributed by atoms with Crippen LogP contribution in [0.5, 0.6) is 0 Å². The van der Waals surface area contributed by atoms with Crippen LogP contribution in [0.2, 0.25) is 0 Å². The molecule has 0 saturated heterocycles. The van der Waals surface area contributed by atoms with Crippen LogP contribution >= 0.6 is 0 Å². The maximum Gasteiger partial charge on any atom is 0.167 e. The third kappa shape index (κ3) is 5.70. The van der Waals surface area contributed by atoms with E-state index in [4.69, 9.17) is 5.73 Å². The summed E-state index contributed by atoms with van der Waals surface area (Å²) in [4.78, 5) is 21.4. The van der Waals surface area contributed by atoms with Crippen LogP contribution in [0.3, 0.4) is 0 Å². The van der Waals surface area contributed by atoms with Crippen LogP contribution < -0.4 is 11.1 Å². The quantitative estimate of drug-likeness (QED) is 0.304. The highest BCUT2D eigenvalue weighted by Crippen LogP contribution is 2.26. The van der Waals surface area contributed by atoms with Crippen LogP contribution in [0.25, 0.3) is 11.1 Å². The fourth-order valence-corrected chi connectivity index (χ4v) is 3.80. The van der Waals surface area contributed by atoms with Crippen LogP contribution in [0.4, 0.5) is 20.4 Å². The van der Waals surface area contributed by atoms with E-state index >= 15 is 0 Å². The first-order valence-electron chi connectivity index (χ1n) is 11.3. The van der Waals surface area contributed by atoms with Gasteiger partial charge in [0.2, 0.25) is 0 Å². The zero-order valence-corrected chi connectivity index (χ0v) is 19.5. The number of nitrogens with zero attached hydrogens (tertiary/aromatic N) is 3. The highest BCUT2D eigenvalue weighted by atomic mass is 19.1. The van der Waals surface area contributed by atoms with E-state index in [-0.39, 0.29) is 47.4 Å². The molecule has 0 aliphatic carbocycles. The first-order chi connectivity index (χ1) is 17.3. The lowest BCUT2D eigenvalue weighted by Crippen LogP contribution is -2.12. The van der Waals surface area contributed by atoms with Gasteiger partial charge in [-0.15, -0.1) is 0 Å². The van der Waals surface area contributed by atoms with E-state index in [9.17, 15) is 18.8 Å². The normalized spacial score (nSPS) is 11.5. The van der Waals surface area contributed by atoms with Gasteiger partial charge in [-0.25, -0.2) is 18.7 Å². The monoisotopic (exact) mass is 483 g/mol. The van der Waals surface area contributed by atoms with Crippen molar-refractivity contribution in [3.63, 3.8) is 0 Å². The minimum absolute atomic E-state index is 0.0821. The predicted molar refractivity (Wildman–Crippen MR) is 134 cm³/mol. The van der Waals surface area contributed by atoms with Crippen molar-refractivity contribution >= 4 is 17.4 Å². The number of hydrogen-bond donors (Lipinski definition) is 2. The van der Waals surface area contributed by atoms with Crippen molar-refractivity contribution in [1.82, 2.24) is 9.97 Å². The van der Waals surface area contributed by atoms with Gasteiger partial charge in [0.15, 0.2) is 5.78 Å². The maximum atomic E-state index is 14.8. The van der Waals surface area contributed by atoms with E-state index in [1.165, 1.54) is 30.5 Å². The SMILES string of the molecule is C[C@H](CC(=O)c1cc(C#N)cnc1NCc1ccc(-c2ccc(N)nc2)cc1F)c1ccc(F)cc1. The van der Waals surface area contributed by atoms with E-state index in [1.807, 2.05) is 13.0 Å². The third-order valence-electron chi connectivity index (χ3n) is 5.87. The van der Waals surface area contributed by atoms with Crippen molar-refractivity contribution in [2.75, 3.05) is 11.1 Å². The van der Waals surface area contributed by atoms with Gasteiger partial charge in [-0.3, -0.25) is 4.79 Å². The number of benzene rings is 2. The van der Waals surface area contributed by atoms with E-state index in [0.717, 1.165) is 11.1 Å². The van der Waals surface area contributed by atoms with Gasteiger partial charge in [0.05, 0.1) is 11.1 Å². The second-order valence-corrected chi connectivity index (χ2v) is 8.44. The van der Waals surface area contributed by atoms with Crippen molar-refractivity contribution in [3.8, 4) is 17.2 Å². The smallest absolute Gasteiger partial charge is 0.167 e. The second-order valence-electron chi connectivity index (χ2n) is 8.44. The number of nitrogen functional groups attached to an aromatic ring is 1. The number of nitrogens with two attached hydrogens (primary N) is 1. The van der Waals surface area contributed by atoms with Crippen LogP contribution in [0.1, 0.15) is 46.3 Å². The molecule has 6 nitrogen and oxygen atoms in total. The van der Waals surface area contributed by atoms with Crippen molar-refractivity contribution in [2.45, 2.75) is 25.8 Å². The number of aromatic nitrogens is 2. The summed E-state index contributed by atoms with van der Waals surface area (Å²) < 4.78 is 28.1. The van der Waals surface area contributed by atoms with E-state index < -0.39 is 5.82 Å². The molecule has 0 amide bonds. The summed E-state index contributed by atoms with van der Waals surface area (Å²) in [5.74, 6) is -0.539. The van der Waals surface area contributed by atoms with E-state index in [1.54, 1.807) is 42.6 Å². The lowest BCUT2D eigenvalue weighted by atomic mass is 9.93. The standard InChI is InChI=1S/C28H23F2N5O/c1-17(19-4-7-23(29)8-5-19)10-26(36)24-11-18(13-31)14-34-28(24)35-16-22-3-2-20(12-25(22)30)21-6-9-27(32)33-15-21/h2-9,11-12,14-15,17H,10,16H2,1H3,(H2,32,33)(H,34,35)/t17-/m1/s1. The largest absolute Gasteiger partial charge is 0.384 e. The molecular formula is C28H23F2N5O. The summed E-state index contributed by atoms with van der Waals surface area (Å²) in [6.45, 7) is 1.95. The van der Waals surface area contributed by atoms with Gasteiger partial charge >= 0.3 is 0 Å². The summed E-state index contributed by atoms with van der Waals surface area (Å²) >= 11 is 0. The molecule has 36 heavy (non-hydrogen) atoms. The zero-order chi connectivity index (χ0) is 25.7. The Morgan fingerprint density at radius 2 is 1.78 bits per heavy atom. The molecule has 0 saturated carbocycles. The molecule has 2 heterocycles. The van der Waals surface area contributed by atoms with Gasteiger partial charge in [-0.05, 0) is 53.4 Å². The molecule has 0 bridgehead atoms. The topological polar surface area (TPSA) is 105 Å². The number of rotatable bonds is 8. The number of hydrogen-bond acceptors (Lipinski definition) is 6. The number of anilines is 2. The maximum absolute atomic E-state index is 14.8. The Bertz CT molecular complexity index is 1430. The molecule has 0 aliphatic rings. The van der Waals surface area contributed by atoms with Gasteiger partial charge < -0.3 is 11.1 Å². The molecule has 4 rings (SSSR count). The van der Waals surface area contributed by atoms with Gasteiger partial charge in [-0.2, -0.15) is 5.26 Å². The van der Waals surface area contributed by atoms with Crippen LogP contribution in [-0.2, 0) is 6.54 Å². The average molecular weight is 484 g/mol. The van der Waals surface area contributed by atoms with Crippen molar-refractivity contribution in [3.05, 3.63) is 107 Å². The van der Waals surface area contributed by atoms with Crippen molar-refractivity contribution in [2.24, 2.45) is 0 Å². The number of carbonyl (C=O) groups is 1. The van der Waals surface area contributed by atoms with Crippen molar-refractivity contribution in [1.29, 1.82) is 5.26 Å². The number of Topliss-reactive ketones (excluding diaryl/α,β-unsaturated/α-hetero) is 1. The van der Waals surface area contributed by atoms with E-state index in [0.29, 0.717) is 16.9 Å². The average Bonchev–Trinajstić information content (AvgIpc) is 2.88. The molecular weight excluding hydrogens is 460 g/mol. The Hall–Kier alpha value is -4.64. The van der Waals surface area contributed by atoms with Crippen LogP contribution in [0.15, 0.2) is 73.1 Å². The lowest BCUT2D eigenvalue weighted by Gasteiger charge is -2.15. The van der Waals surface area contributed by atoms with Gasteiger partial charge in [0.1, 0.15) is 29.3 Å². The first-order valence-corrected chi connectivity index (χ1v) is 11.3. The molecule has 0 unspecified atom stereocenters. The minimum Gasteiger partial charge on any atom is -0.384 e. The van der Waals surface area contributed by atoms with E-state index in [2.05, 4.69) is 15.3 Å². The summed E-state index contributed by atoms with van der Waals surface area (Å²) in [7, 11) is 0.